The highest BCUT2D eigenvalue weighted by molar-refractivity contribution is 7.98. The molecule has 0 aliphatic rings. The topological polar surface area (TPSA) is 9.23 Å². The molecular weight excluding hydrogens is 404 g/mol. The first-order chi connectivity index (χ1) is 13.0. The van der Waals surface area contributed by atoms with Crippen LogP contribution < -0.4 is 0 Å². The van der Waals surface area contributed by atoms with Crippen molar-refractivity contribution in [2.45, 2.75) is 51.1 Å². The standard InChI is InChI=1S/C21H34F4OSSi/c1-20(2,3)28(4,5)26-11-18(10-21(14-22,15-23)16-24)13-27-12-17-6-8-19(25)9-7-17/h6-9,18H,10-16H2,1-5H3/t18-/m1/s1. The summed E-state index contributed by atoms with van der Waals surface area (Å²) in [4.78, 5) is 0. The second kappa shape index (κ2) is 11.0. The molecule has 0 radical (unpaired) electrons. The molecule has 0 aliphatic heterocycles. The molecule has 0 saturated heterocycles. The summed E-state index contributed by atoms with van der Waals surface area (Å²) in [5.74, 6) is 0.827. The molecule has 1 aromatic rings. The maximum Gasteiger partial charge on any atom is 0.191 e. The highest BCUT2D eigenvalue weighted by Crippen LogP contribution is 2.38. The van der Waals surface area contributed by atoms with Crippen molar-refractivity contribution in [2.24, 2.45) is 11.3 Å². The maximum atomic E-state index is 13.4. The first-order valence-electron chi connectivity index (χ1n) is 9.62. The molecule has 0 N–H and O–H groups in total. The Labute approximate surface area is 172 Å². The number of alkyl halides is 3. The zero-order chi connectivity index (χ0) is 21.4. The van der Waals surface area contributed by atoms with Crippen LogP contribution in [0.1, 0.15) is 32.8 Å². The minimum Gasteiger partial charge on any atom is -0.417 e. The quantitative estimate of drug-likeness (QED) is 0.257. The Hall–Kier alpha value is -0.533. The van der Waals surface area contributed by atoms with E-state index in [1.54, 1.807) is 23.9 Å². The van der Waals surface area contributed by atoms with Gasteiger partial charge in [-0.2, -0.15) is 11.8 Å². The lowest BCUT2D eigenvalue weighted by atomic mass is 9.83. The highest BCUT2D eigenvalue weighted by atomic mass is 32.2. The van der Waals surface area contributed by atoms with E-state index in [9.17, 15) is 17.6 Å². The van der Waals surface area contributed by atoms with E-state index in [0.29, 0.717) is 18.1 Å². The van der Waals surface area contributed by atoms with Gasteiger partial charge in [-0.05, 0) is 53.9 Å². The molecule has 7 heteroatoms. The van der Waals surface area contributed by atoms with Gasteiger partial charge in [-0.15, -0.1) is 0 Å². The molecule has 162 valence electrons. The van der Waals surface area contributed by atoms with E-state index < -0.39 is 33.8 Å². The number of halogens is 4. The number of hydrogen-bond acceptors (Lipinski definition) is 2. The van der Waals surface area contributed by atoms with Gasteiger partial charge in [0.2, 0.25) is 0 Å². The van der Waals surface area contributed by atoms with Gasteiger partial charge in [-0.25, -0.2) is 4.39 Å². The molecule has 0 spiro atoms. The molecule has 0 aromatic heterocycles. The van der Waals surface area contributed by atoms with Crippen molar-refractivity contribution in [3.8, 4) is 0 Å². The normalized spacial score (nSPS) is 14.3. The van der Waals surface area contributed by atoms with Crippen molar-refractivity contribution in [3.63, 3.8) is 0 Å². The van der Waals surface area contributed by atoms with E-state index in [2.05, 4.69) is 33.9 Å². The smallest absolute Gasteiger partial charge is 0.191 e. The Morgan fingerprint density at radius 1 is 1.00 bits per heavy atom. The number of thioether (sulfide) groups is 1. The van der Waals surface area contributed by atoms with Crippen LogP contribution in [0.5, 0.6) is 0 Å². The molecule has 0 unspecified atom stereocenters. The maximum absolute atomic E-state index is 13.4. The fraction of sp³-hybridized carbons (Fsp3) is 0.714. The highest BCUT2D eigenvalue weighted by Gasteiger charge is 2.39. The van der Waals surface area contributed by atoms with Crippen LogP contribution in [0.3, 0.4) is 0 Å². The van der Waals surface area contributed by atoms with E-state index in [-0.39, 0.29) is 23.2 Å². The van der Waals surface area contributed by atoms with Crippen LogP contribution in [0.25, 0.3) is 0 Å². The molecule has 0 aliphatic carbocycles. The van der Waals surface area contributed by atoms with Crippen molar-refractivity contribution in [2.75, 3.05) is 32.4 Å². The number of rotatable bonds is 12. The number of benzene rings is 1. The SMILES string of the molecule is CC(C)(C)[Si](C)(C)OC[C@H](CSCc1ccc(F)cc1)CC(CF)(CF)CF. The lowest BCUT2D eigenvalue weighted by molar-refractivity contribution is 0.0729. The molecule has 0 saturated carbocycles. The van der Waals surface area contributed by atoms with Gasteiger partial charge in [0.15, 0.2) is 8.32 Å². The van der Waals surface area contributed by atoms with Gasteiger partial charge in [0, 0.05) is 12.4 Å². The van der Waals surface area contributed by atoms with Crippen LogP contribution in [0, 0.1) is 17.2 Å². The van der Waals surface area contributed by atoms with E-state index in [0.717, 1.165) is 5.56 Å². The Morgan fingerprint density at radius 2 is 1.54 bits per heavy atom. The summed E-state index contributed by atoms with van der Waals surface area (Å²) in [7, 11) is -2.02. The lowest BCUT2D eigenvalue weighted by Crippen LogP contribution is -2.43. The average molecular weight is 439 g/mol. The lowest BCUT2D eigenvalue weighted by Gasteiger charge is -2.38. The van der Waals surface area contributed by atoms with Gasteiger partial charge >= 0.3 is 0 Å². The monoisotopic (exact) mass is 438 g/mol. The van der Waals surface area contributed by atoms with Gasteiger partial charge in [0.05, 0.1) is 5.41 Å². The Bertz CT molecular complexity index is 562. The average Bonchev–Trinajstić information content (AvgIpc) is 2.64. The zero-order valence-corrected chi connectivity index (χ0v) is 19.5. The van der Waals surface area contributed by atoms with Crippen LogP contribution in [-0.4, -0.2) is 40.7 Å². The van der Waals surface area contributed by atoms with Crippen molar-refractivity contribution >= 4 is 20.1 Å². The summed E-state index contributed by atoms with van der Waals surface area (Å²) >= 11 is 1.60. The third-order valence-electron chi connectivity index (χ3n) is 5.59. The summed E-state index contributed by atoms with van der Waals surface area (Å²) in [6, 6.07) is 6.26. The molecule has 0 bridgehead atoms. The summed E-state index contributed by atoms with van der Waals surface area (Å²) in [6.45, 7) is 7.97. The van der Waals surface area contributed by atoms with Gasteiger partial charge in [-0.1, -0.05) is 32.9 Å². The van der Waals surface area contributed by atoms with Crippen LogP contribution in [0.15, 0.2) is 24.3 Å². The van der Waals surface area contributed by atoms with E-state index in [1.807, 2.05) is 0 Å². The fourth-order valence-electron chi connectivity index (χ4n) is 2.52. The molecule has 1 aromatic carbocycles. The molecule has 0 fully saturated rings. The van der Waals surface area contributed by atoms with E-state index >= 15 is 0 Å². The summed E-state index contributed by atoms with van der Waals surface area (Å²) in [6.07, 6.45) is 0.113. The van der Waals surface area contributed by atoms with E-state index in [4.69, 9.17) is 4.43 Å². The van der Waals surface area contributed by atoms with Crippen molar-refractivity contribution < 1.29 is 22.0 Å². The first-order valence-corrected chi connectivity index (χ1v) is 13.7. The third-order valence-corrected chi connectivity index (χ3v) is 11.3. The molecular formula is C21H34F4OSSi. The van der Waals surface area contributed by atoms with Gasteiger partial charge in [0.25, 0.3) is 0 Å². The predicted molar refractivity (Wildman–Crippen MR) is 114 cm³/mol. The van der Waals surface area contributed by atoms with Crippen molar-refractivity contribution in [3.05, 3.63) is 35.6 Å². The number of hydrogen-bond donors (Lipinski definition) is 0. The van der Waals surface area contributed by atoms with Crippen molar-refractivity contribution in [1.82, 2.24) is 0 Å². The molecule has 1 atom stereocenters. The summed E-state index contributed by atoms with van der Waals surface area (Å²) in [5, 5.41) is 0.0240. The largest absolute Gasteiger partial charge is 0.417 e. The predicted octanol–water partition coefficient (Wildman–Crippen LogP) is 6.98. The van der Waals surface area contributed by atoms with Crippen LogP contribution in [0.2, 0.25) is 18.1 Å². The molecule has 1 rings (SSSR count). The Balaban J connectivity index is 2.77. The van der Waals surface area contributed by atoms with Gasteiger partial charge < -0.3 is 4.43 Å². The zero-order valence-electron chi connectivity index (χ0n) is 17.7. The molecule has 28 heavy (non-hydrogen) atoms. The summed E-state index contributed by atoms with van der Waals surface area (Å²) < 4.78 is 59.5. The second-order valence-electron chi connectivity index (χ2n) is 9.18. The first kappa shape index (κ1) is 25.5. The molecule has 1 nitrogen and oxygen atoms in total. The van der Waals surface area contributed by atoms with Crippen molar-refractivity contribution in [1.29, 1.82) is 0 Å². The van der Waals surface area contributed by atoms with Gasteiger partial charge in [-0.3, -0.25) is 13.2 Å². The second-order valence-corrected chi connectivity index (χ2v) is 15.0. The third kappa shape index (κ3) is 7.71. The minimum atomic E-state index is -2.02. The van der Waals surface area contributed by atoms with Gasteiger partial charge in [0.1, 0.15) is 25.8 Å². The molecule has 0 heterocycles. The Kier molecular flexibility index (Phi) is 10.0. The minimum absolute atomic E-state index is 0.0240. The fourth-order valence-corrected chi connectivity index (χ4v) is 4.69. The van der Waals surface area contributed by atoms with Crippen LogP contribution in [-0.2, 0) is 10.2 Å². The van der Waals surface area contributed by atoms with Crippen LogP contribution in [0.4, 0.5) is 17.6 Å². The molecule has 0 amide bonds. The van der Waals surface area contributed by atoms with Crippen LogP contribution >= 0.6 is 11.8 Å². The Morgan fingerprint density at radius 3 is 2.00 bits per heavy atom. The summed E-state index contributed by atoms with van der Waals surface area (Å²) in [5.41, 5.74) is -0.596. The van der Waals surface area contributed by atoms with E-state index in [1.165, 1.54) is 12.1 Å².